The van der Waals surface area contributed by atoms with Crippen LogP contribution in [-0.4, -0.2) is 12.2 Å². The summed E-state index contributed by atoms with van der Waals surface area (Å²) in [6, 6.07) is 10.1. The van der Waals surface area contributed by atoms with Crippen molar-refractivity contribution in [3.8, 4) is 0 Å². The molecule has 0 aliphatic heterocycles. The van der Waals surface area contributed by atoms with Crippen LogP contribution in [0.3, 0.4) is 0 Å². The first kappa shape index (κ1) is 13.4. The number of anilines is 1. The maximum atomic E-state index is 9.16. The summed E-state index contributed by atoms with van der Waals surface area (Å²) in [4.78, 5) is 3.42. The van der Waals surface area contributed by atoms with Crippen molar-refractivity contribution in [3.63, 3.8) is 0 Å². The molecule has 1 N–H and O–H groups in total. The Morgan fingerprint density at radius 2 is 2.06 bits per heavy atom. The molecule has 2 aromatic rings. The Labute approximate surface area is 116 Å². The lowest BCUT2D eigenvalue weighted by Gasteiger charge is -2.19. The van der Waals surface area contributed by atoms with Crippen molar-refractivity contribution in [2.24, 2.45) is 0 Å². The molecule has 0 spiro atoms. The summed E-state index contributed by atoms with van der Waals surface area (Å²) in [5.41, 5.74) is 3.24. The summed E-state index contributed by atoms with van der Waals surface area (Å²) in [6.45, 7) is 2.95. The monoisotopic (exact) mass is 281 g/mol. The smallest absolute Gasteiger partial charge is 0.0931 e. The Morgan fingerprint density at radius 1 is 1.28 bits per heavy atom. The third kappa shape index (κ3) is 3.05. The minimum absolute atomic E-state index is 0.0936. The number of hydrogen-bond acceptors (Lipinski definition) is 3. The number of halogens is 1. The summed E-state index contributed by atoms with van der Waals surface area (Å²) >= 11 is 7.53. The fraction of sp³-hybridized carbons (Fsp3) is 0.286. The highest BCUT2D eigenvalue weighted by Crippen LogP contribution is 2.25. The molecule has 2 nitrogen and oxygen atoms in total. The molecular formula is C14H16ClNOS. The molecule has 0 bridgehead atoms. The zero-order valence-corrected chi connectivity index (χ0v) is 12.1. The number of aliphatic hydroxyl groups is 1. The Bertz CT molecular complexity index is 538. The third-order valence-corrected chi connectivity index (χ3v) is 4.18. The van der Waals surface area contributed by atoms with Crippen LogP contribution in [0.1, 0.15) is 16.0 Å². The minimum Gasteiger partial charge on any atom is -0.392 e. The number of thiophene rings is 1. The second kappa shape index (κ2) is 5.74. The number of aryl methyl sites for hydroxylation is 1. The van der Waals surface area contributed by atoms with Crippen LogP contribution in [0.4, 0.5) is 5.69 Å². The van der Waals surface area contributed by atoms with E-state index in [1.54, 1.807) is 11.3 Å². The van der Waals surface area contributed by atoms with Crippen LogP contribution >= 0.6 is 22.9 Å². The fourth-order valence-corrected chi connectivity index (χ4v) is 3.00. The summed E-state index contributed by atoms with van der Waals surface area (Å²) in [5.74, 6) is 0. The molecule has 0 aliphatic rings. The number of hydrogen-bond donors (Lipinski definition) is 1. The molecule has 0 amide bonds. The van der Waals surface area contributed by atoms with Gasteiger partial charge in [0.2, 0.25) is 0 Å². The van der Waals surface area contributed by atoms with Crippen LogP contribution in [0.5, 0.6) is 0 Å². The standard InChI is InChI=1S/C14H16ClNOS/c1-10-7-12(4-3-11(10)9-17)16(2)8-13-5-6-14(15)18-13/h3-7,17H,8-9H2,1-2H3. The lowest BCUT2D eigenvalue weighted by Crippen LogP contribution is -2.15. The minimum atomic E-state index is 0.0936. The number of aliphatic hydroxyl groups excluding tert-OH is 1. The van der Waals surface area contributed by atoms with Gasteiger partial charge in [0.1, 0.15) is 0 Å². The van der Waals surface area contributed by atoms with Crippen molar-refractivity contribution < 1.29 is 5.11 Å². The van der Waals surface area contributed by atoms with Gasteiger partial charge >= 0.3 is 0 Å². The molecule has 1 aromatic carbocycles. The van der Waals surface area contributed by atoms with E-state index in [-0.39, 0.29) is 6.61 Å². The van der Waals surface area contributed by atoms with Crippen molar-refractivity contribution in [1.82, 2.24) is 0 Å². The number of nitrogens with zero attached hydrogens (tertiary/aromatic N) is 1. The average molecular weight is 282 g/mol. The molecule has 0 radical (unpaired) electrons. The van der Waals surface area contributed by atoms with Crippen LogP contribution < -0.4 is 4.90 Å². The first-order chi connectivity index (χ1) is 8.60. The molecule has 0 fully saturated rings. The molecule has 0 unspecified atom stereocenters. The van der Waals surface area contributed by atoms with Gasteiger partial charge in [-0.3, -0.25) is 0 Å². The Morgan fingerprint density at radius 3 is 2.61 bits per heavy atom. The van der Waals surface area contributed by atoms with Crippen LogP contribution in [0.2, 0.25) is 4.34 Å². The van der Waals surface area contributed by atoms with E-state index in [0.717, 1.165) is 27.7 Å². The van der Waals surface area contributed by atoms with Gasteiger partial charge in [-0.05, 0) is 42.3 Å². The molecule has 96 valence electrons. The van der Waals surface area contributed by atoms with Crippen molar-refractivity contribution in [2.75, 3.05) is 11.9 Å². The van der Waals surface area contributed by atoms with Gasteiger partial charge in [0.15, 0.2) is 0 Å². The molecule has 4 heteroatoms. The van der Waals surface area contributed by atoms with E-state index in [0.29, 0.717) is 0 Å². The first-order valence-corrected chi connectivity index (χ1v) is 6.95. The summed E-state index contributed by atoms with van der Waals surface area (Å²) in [6.07, 6.45) is 0. The van der Waals surface area contributed by atoms with Crippen LogP contribution in [-0.2, 0) is 13.2 Å². The number of rotatable bonds is 4. The van der Waals surface area contributed by atoms with Crippen LogP contribution in [0.25, 0.3) is 0 Å². The van der Waals surface area contributed by atoms with E-state index < -0.39 is 0 Å². The van der Waals surface area contributed by atoms with Gasteiger partial charge < -0.3 is 10.0 Å². The van der Waals surface area contributed by atoms with Gasteiger partial charge in [0, 0.05) is 17.6 Å². The lowest BCUT2D eigenvalue weighted by atomic mass is 10.1. The first-order valence-electron chi connectivity index (χ1n) is 5.76. The molecule has 2 rings (SSSR count). The van der Waals surface area contributed by atoms with Crippen molar-refractivity contribution in [1.29, 1.82) is 0 Å². The molecule has 1 heterocycles. The molecule has 0 atom stereocenters. The van der Waals surface area contributed by atoms with Crippen LogP contribution in [0, 0.1) is 6.92 Å². The van der Waals surface area contributed by atoms with E-state index in [9.17, 15) is 0 Å². The van der Waals surface area contributed by atoms with E-state index in [1.165, 1.54) is 4.88 Å². The molecule has 18 heavy (non-hydrogen) atoms. The number of benzene rings is 1. The predicted octanol–water partition coefficient (Wildman–Crippen LogP) is 3.84. The highest BCUT2D eigenvalue weighted by molar-refractivity contribution is 7.16. The summed E-state index contributed by atoms with van der Waals surface area (Å²) in [5, 5.41) is 9.16. The quantitative estimate of drug-likeness (QED) is 0.920. The van der Waals surface area contributed by atoms with Gasteiger partial charge in [-0.15, -0.1) is 11.3 Å². The SMILES string of the molecule is Cc1cc(N(C)Cc2ccc(Cl)s2)ccc1CO. The molecule has 1 aromatic heterocycles. The second-order valence-corrected chi connectivity index (χ2v) is 6.13. The zero-order valence-electron chi connectivity index (χ0n) is 10.5. The maximum Gasteiger partial charge on any atom is 0.0931 e. The largest absolute Gasteiger partial charge is 0.392 e. The molecular weight excluding hydrogens is 266 g/mol. The Kier molecular flexibility index (Phi) is 4.27. The molecule has 0 aliphatic carbocycles. The Balaban J connectivity index is 2.13. The van der Waals surface area contributed by atoms with Crippen LogP contribution in [0.15, 0.2) is 30.3 Å². The van der Waals surface area contributed by atoms with E-state index in [4.69, 9.17) is 16.7 Å². The highest BCUT2D eigenvalue weighted by atomic mass is 35.5. The molecule has 0 saturated heterocycles. The predicted molar refractivity (Wildman–Crippen MR) is 78.5 cm³/mol. The Hall–Kier alpha value is -1.03. The normalized spacial score (nSPS) is 10.7. The topological polar surface area (TPSA) is 23.5 Å². The van der Waals surface area contributed by atoms with Gasteiger partial charge in [0.05, 0.1) is 17.5 Å². The lowest BCUT2D eigenvalue weighted by molar-refractivity contribution is 0.281. The van der Waals surface area contributed by atoms with E-state index in [2.05, 4.69) is 24.1 Å². The van der Waals surface area contributed by atoms with E-state index >= 15 is 0 Å². The maximum absolute atomic E-state index is 9.16. The van der Waals surface area contributed by atoms with E-state index in [1.807, 2.05) is 25.1 Å². The summed E-state index contributed by atoms with van der Waals surface area (Å²) < 4.78 is 0.824. The summed E-state index contributed by atoms with van der Waals surface area (Å²) in [7, 11) is 2.06. The molecule has 0 saturated carbocycles. The van der Waals surface area contributed by atoms with Gasteiger partial charge in [-0.1, -0.05) is 17.7 Å². The van der Waals surface area contributed by atoms with Crippen molar-refractivity contribution >= 4 is 28.6 Å². The third-order valence-electron chi connectivity index (χ3n) is 2.96. The zero-order chi connectivity index (χ0) is 13.1. The second-order valence-electron chi connectivity index (χ2n) is 4.33. The average Bonchev–Trinajstić information content (AvgIpc) is 2.74. The van der Waals surface area contributed by atoms with Crippen molar-refractivity contribution in [3.05, 3.63) is 50.7 Å². The fourth-order valence-electron chi connectivity index (χ4n) is 1.86. The van der Waals surface area contributed by atoms with Gasteiger partial charge in [-0.25, -0.2) is 0 Å². The van der Waals surface area contributed by atoms with Crippen molar-refractivity contribution in [2.45, 2.75) is 20.1 Å². The van der Waals surface area contributed by atoms with Gasteiger partial charge in [-0.2, -0.15) is 0 Å². The highest BCUT2D eigenvalue weighted by Gasteiger charge is 2.06. The van der Waals surface area contributed by atoms with Gasteiger partial charge in [0.25, 0.3) is 0 Å².